The zero-order chi connectivity index (χ0) is 16.1. The first kappa shape index (κ1) is 16.0. The second kappa shape index (κ2) is 7.57. The molecule has 1 aliphatic heterocycles. The summed E-state index contributed by atoms with van der Waals surface area (Å²) in [5.41, 5.74) is 1.51. The van der Waals surface area contributed by atoms with Gasteiger partial charge in [-0.1, -0.05) is 6.07 Å². The molecule has 1 aliphatic rings. The summed E-state index contributed by atoms with van der Waals surface area (Å²) in [7, 11) is 0. The molecule has 1 N–H and O–H groups in total. The van der Waals surface area contributed by atoms with Gasteiger partial charge in [0.25, 0.3) is 5.91 Å². The molecule has 122 valence electrons. The first-order chi connectivity index (χ1) is 11.2. The molecule has 5 nitrogen and oxygen atoms in total. The Kier molecular flexibility index (Phi) is 5.25. The molecule has 0 radical (unpaired) electrons. The molecule has 0 spiro atoms. The molecule has 0 aliphatic carbocycles. The zero-order valence-electron chi connectivity index (χ0n) is 13.1. The first-order valence-electron chi connectivity index (χ1n) is 7.70. The van der Waals surface area contributed by atoms with Gasteiger partial charge in [0.05, 0.1) is 17.3 Å². The third kappa shape index (κ3) is 4.53. The van der Waals surface area contributed by atoms with Crippen molar-refractivity contribution in [3.05, 3.63) is 45.9 Å². The number of nitrogens with one attached hydrogen (secondary N) is 1. The number of hydrogen-bond donors (Lipinski definition) is 1. The number of benzene rings is 1. The standard InChI is InChI=1S/C17H20N2O3S/c1-12-19-15(11-23-12)10-22-16-4-2-3-14(7-16)17(20)18-8-13-5-6-21-9-13/h2-4,7,11,13H,5-6,8-10H2,1H3,(H,18,20)/t13-/m0/s1. The molecule has 2 heterocycles. The van der Waals surface area contributed by atoms with Crippen molar-refractivity contribution in [2.45, 2.75) is 20.0 Å². The predicted octanol–water partition coefficient (Wildman–Crippen LogP) is 2.80. The van der Waals surface area contributed by atoms with Crippen molar-refractivity contribution < 1.29 is 14.3 Å². The van der Waals surface area contributed by atoms with Gasteiger partial charge in [0, 0.05) is 30.0 Å². The van der Waals surface area contributed by atoms with Crippen LogP contribution in [0.25, 0.3) is 0 Å². The molecule has 1 aromatic heterocycles. The predicted molar refractivity (Wildman–Crippen MR) is 88.9 cm³/mol. The molecule has 1 saturated heterocycles. The second-order valence-corrected chi connectivity index (χ2v) is 6.68. The van der Waals surface area contributed by atoms with Crippen LogP contribution in [0.1, 0.15) is 27.5 Å². The smallest absolute Gasteiger partial charge is 0.251 e. The van der Waals surface area contributed by atoms with E-state index in [1.165, 1.54) is 0 Å². The third-order valence-corrected chi connectivity index (χ3v) is 4.55. The van der Waals surface area contributed by atoms with Crippen LogP contribution >= 0.6 is 11.3 Å². The van der Waals surface area contributed by atoms with Crippen LogP contribution in [0.5, 0.6) is 5.75 Å². The minimum atomic E-state index is -0.0770. The van der Waals surface area contributed by atoms with Crippen molar-refractivity contribution in [2.24, 2.45) is 5.92 Å². The summed E-state index contributed by atoms with van der Waals surface area (Å²) in [6.45, 7) is 4.56. The highest BCUT2D eigenvalue weighted by Gasteiger charge is 2.17. The lowest BCUT2D eigenvalue weighted by atomic mass is 10.1. The normalized spacial score (nSPS) is 17.2. The van der Waals surface area contributed by atoms with Crippen molar-refractivity contribution in [2.75, 3.05) is 19.8 Å². The molecule has 0 bridgehead atoms. The minimum absolute atomic E-state index is 0.0770. The molecule has 0 saturated carbocycles. The van der Waals surface area contributed by atoms with E-state index in [4.69, 9.17) is 9.47 Å². The van der Waals surface area contributed by atoms with E-state index in [1.807, 2.05) is 24.4 Å². The Morgan fingerprint density at radius 1 is 1.52 bits per heavy atom. The third-order valence-electron chi connectivity index (χ3n) is 3.72. The van der Waals surface area contributed by atoms with Gasteiger partial charge < -0.3 is 14.8 Å². The van der Waals surface area contributed by atoms with E-state index < -0.39 is 0 Å². The van der Waals surface area contributed by atoms with Gasteiger partial charge in [-0.2, -0.15) is 0 Å². The Labute approximate surface area is 139 Å². The average Bonchev–Trinajstić information content (AvgIpc) is 3.22. The average molecular weight is 332 g/mol. The molecular formula is C17H20N2O3S. The Morgan fingerprint density at radius 3 is 3.17 bits per heavy atom. The molecule has 6 heteroatoms. The highest BCUT2D eigenvalue weighted by atomic mass is 32.1. The van der Waals surface area contributed by atoms with E-state index in [0.29, 0.717) is 30.4 Å². The molecule has 1 fully saturated rings. The van der Waals surface area contributed by atoms with Gasteiger partial charge in [-0.3, -0.25) is 4.79 Å². The maximum absolute atomic E-state index is 12.2. The van der Waals surface area contributed by atoms with Crippen LogP contribution in [-0.4, -0.2) is 30.6 Å². The maximum atomic E-state index is 12.2. The lowest BCUT2D eigenvalue weighted by Gasteiger charge is -2.10. The maximum Gasteiger partial charge on any atom is 0.251 e. The first-order valence-corrected chi connectivity index (χ1v) is 8.58. The van der Waals surface area contributed by atoms with E-state index in [9.17, 15) is 4.79 Å². The summed E-state index contributed by atoms with van der Waals surface area (Å²) in [5, 5.41) is 5.96. The molecule has 1 amide bonds. The number of ether oxygens (including phenoxy) is 2. The molecule has 3 rings (SSSR count). The van der Waals surface area contributed by atoms with Crippen molar-refractivity contribution >= 4 is 17.2 Å². The molecule has 1 atom stereocenters. The summed E-state index contributed by atoms with van der Waals surface area (Å²) >= 11 is 1.60. The van der Waals surface area contributed by atoms with E-state index in [2.05, 4.69) is 10.3 Å². The van der Waals surface area contributed by atoms with Gasteiger partial charge in [0.1, 0.15) is 12.4 Å². The lowest BCUT2D eigenvalue weighted by Crippen LogP contribution is -2.29. The van der Waals surface area contributed by atoms with Crippen LogP contribution in [0.4, 0.5) is 0 Å². The molecule has 23 heavy (non-hydrogen) atoms. The fourth-order valence-electron chi connectivity index (χ4n) is 2.44. The van der Waals surface area contributed by atoms with Crippen LogP contribution in [0.2, 0.25) is 0 Å². The molecule has 0 unspecified atom stereocenters. The van der Waals surface area contributed by atoms with Gasteiger partial charge in [-0.25, -0.2) is 4.98 Å². The van der Waals surface area contributed by atoms with Crippen LogP contribution in [-0.2, 0) is 11.3 Å². The number of carbonyl (C=O) groups is 1. The fraction of sp³-hybridized carbons (Fsp3) is 0.412. The Morgan fingerprint density at radius 2 is 2.43 bits per heavy atom. The number of aromatic nitrogens is 1. The van der Waals surface area contributed by atoms with Gasteiger partial charge in [-0.15, -0.1) is 11.3 Å². The van der Waals surface area contributed by atoms with Crippen molar-refractivity contribution in [1.29, 1.82) is 0 Å². The molecule has 2 aromatic rings. The summed E-state index contributed by atoms with van der Waals surface area (Å²) in [5.74, 6) is 1.02. The summed E-state index contributed by atoms with van der Waals surface area (Å²) in [4.78, 5) is 16.6. The number of rotatable bonds is 6. The zero-order valence-corrected chi connectivity index (χ0v) is 13.9. The lowest BCUT2D eigenvalue weighted by molar-refractivity contribution is 0.0944. The summed E-state index contributed by atoms with van der Waals surface area (Å²) < 4.78 is 11.0. The van der Waals surface area contributed by atoms with Gasteiger partial charge >= 0.3 is 0 Å². The number of thiazole rings is 1. The van der Waals surface area contributed by atoms with Crippen LogP contribution in [0.3, 0.4) is 0 Å². The summed E-state index contributed by atoms with van der Waals surface area (Å²) in [6, 6.07) is 7.23. The van der Waals surface area contributed by atoms with Gasteiger partial charge in [0.15, 0.2) is 0 Å². The number of hydrogen-bond acceptors (Lipinski definition) is 5. The highest BCUT2D eigenvalue weighted by molar-refractivity contribution is 7.09. The SMILES string of the molecule is Cc1nc(COc2cccc(C(=O)NC[C@@H]3CCOC3)c2)cs1. The Hall–Kier alpha value is -1.92. The monoisotopic (exact) mass is 332 g/mol. The van der Waals surface area contributed by atoms with Crippen LogP contribution in [0.15, 0.2) is 29.6 Å². The van der Waals surface area contributed by atoms with E-state index >= 15 is 0 Å². The van der Waals surface area contributed by atoms with E-state index in [-0.39, 0.29) is 5.91 Å². The Bertz CT molecular complexity index is 665. The van der Waals surface area contributed by atoms with Crippen molar-refractivity contribution in [3.8, 4) is 5.75 Å². The minimum Gasteiger partial charge on any atom is -0.487 e. The van der Waals surface area contributed by atoms with Crippen LogP contribution < -0.4 is 10.1 Å². The number of aryl methyl sites for hydroxylation is 1. The summed E-state index contributed by atoms with van der Waals surface area (Å²) in [6.07, 6.45) is 1.01. The van der Waals surface area contributed by atoms with Crippen LogP contribution in [0, 0.1) is 12.8 Å². The van der Waals surface area contributed by atoms with E-state index in [1.54, 1.807) is 23.5 Å². The topological polar surface area (TPSA) is 60.5 Å². The highest BCUT2D eigenvalue weighted by Crippen LogP contribution is 2.17. The molecular weight excluding hydrogens is 312 g/mol. The van der Waals surface area contributed by atoms with Crippen molar-refractivity contribution in [1.82, 2.24) is 10.3 Å². The molecule has 1 aromatic carbocycles. The quantitative estimate of drug-likeness (QED) is 0.884. The Balaban J connectivity index is 1.54. The van der Waals surface area contributed by atoms with Gasteiger partial charge in [-0.05, 0) is 31.5 Å². The number of amides is 1. The fourth-order valence-corrected chi connectivity index (χ4v) is 3.04. The van der Waals surface area contributed by atoms with Crippen molar-refractivity contribution in [3.63, 3.8) is 0 Å². The van der Waals surface area contributed by atoms with Gasteiger partial charge in [0.2, 0.25) is 0 Å². The second-order valence-electron chi connectivity index (χ2n) is 5.61. The largest absolute Gasteiger partial charge is 0.487 e. The van der Waals surface area contributed by atoms with E-state index in [0.717, 1.165) is 30.3 Å². The number of carbonyl (C=O) groups excluding carboxylic acids is 1. The number of nitrogens with zero attached hydrogens (tertiary/aromatic N) is 1.